The molecule has 1 atom stereocenters. The molecule has 4 nitrogen and oxygen atoms in total. The molecule has 4 rings (SSSR count). The summed E-state index contributed by atoms with van der Waals surface area (Å²) in [5.41, 5.74) is 1.13. The van der Waals surface area contributed by atoms with Crippen molar-refractivity contribution in [1.29, 1.82) is 0 Å². The molecule has 124 valence electrons. The first-order valence-corrected chi connectivity index (χ1v) is 8.19. The van der Waals surface area contributed by atoms with E-state index in [9.17, 15) is 9.18 Å². The summed E-state index contributed by atoms with van der Waals surface area (Å²) >= 11 is 0. The quantitative estimate of drug-likeness (QED) is 0.846. The van der Waals surface area contributed by atoms with E-state index < -0.39 is 5.82 Å². The lowest BCUT2D eigenvalue weighted by Gasteiger charge is -2.27. The molecular formula is C19H18FNO3. The fraction of sp³-hybridized carbons (Fsp3) is 0.316. The Kier molecular flexibility index (Phi) is 3.84. The van der Waals surface area contributed by atoms with Crippen molar-refractivity contribution < 1.29 is 18.7 Å². The van der Waals surface area contributed by atoms with E-state index in [0.717, 1.165) is 24.2 Å². The number of amides is 1. The van der Waals surface area contributed by atoms with Gasteiger partial charge in [-0.15, -0.1) is 0 Å². The topological polar surface area (TPSA) is 38.8 Å². The Bertz CT molecular complexity index is 777. The van der Waals surface area contributed by atoms with Crippen molar-refractivity contribution in [2.24, 2.45) is 0 Å². The highest BCUT2D eigenvalue weighted by atomic mass is 19.1. The third-order valence-corrected chi connectivity index (χ3v) is 4.57. The molecule has 0 bridgehead atoms. The van der Waals surface area contributed by atoms with E-state index in [1.807, 2.05) is 18.2 Å². The lowest BCUT2D eigenvalue weighted by molar-refractivity contribution is 0.0730. The van der Waals surface area contributed by atoms with Crippen LogP contribution >= 0.6 is 0 Å². The summed E-state index contributed by atoms with van der Waals surface area (Å²) in [6.07, 6.45) is 1.76. The molecule has 2 aromatic rings. The number of benzene rings is 2. The van der Waals surface area contributed by atoms with Crippen LogP contribution in [0.1, 0.15) is 34.8 Å². The number of ether oxygens (including phenoxy) is 2. The Labute approximate surface area is 139 Å². The minimum absolute atomic E-state index is 0.0621. The molecule has 1 saturated heterocycles. The highest BCUT2D eigenvalue weighted by molar-refractivity contribution is 5.95. The molecule has 1 amide bonds. The summed E-state index contributed by atoms with van der Waals surface area (Å²) in [7, 11) is 0. The zero-order chi connectivity index (χ0) is 16.5. The summed E-state index contributed by atoms with van der Waals surface area (Å²) < 4.78 is 25.1. The van der Waals surface area contributed by atoms with Gasteiger partial charge in [-0.1, -0.05) is 18.2 Å². The maximum atomic E-state index is 14.0. The van der Waals surface area contributed by atoms with Gasteiger partial charge in [0.1, 0.15) is 19.0 Å². The third kappa shape index (κ3) is 2.60. The number of halogens is 1. The molecule has 0 unspecified atom stereocenters. The molecule has 0 aromatic heterocycles. The van der Waals surface area contributed by atoms with Crippen LogP contribution in [0.5, 0.6) is 11.5 Å². The minimum atomic E-state index is -0.477. The first kappa shape index (κ1) is 15.0. The van der Waals surface area contributed by atoms with Gasteiger partial charge in [0.15, 0.2) is 11.5 Å². The fourth-order valence-corrected chi connectivity index (χ4v) is 3.41. The monoisotopic (exact) mass is 327 g/mol. The predicted molar refractivity (Wildman–Crippen MR) is 86.8 cm³/mol. The number of nitrogens with zero attached hydrogens (tertiary/aromatic N) is 1. The highest BCUT2D eigenvalue weighted by Gasteiger charge is 2.32. The number of hydrogen-bond acceptors (Lipinski definition) is 3. The molecule has 5 heteroatoms. The maximum Gasteiger partial charge on any atom is 0.257 e. The van der Waals surface area contributed by atoms with Crippen molar-refractivity contribution in [2.45, 2.75) is 18.9 Å². The lowest BCUT2D eigenvalue weighted by atomic mass is 10.0. The second-order valence-electron chi connectivity index (χ2n) is 6.04. The van der Waals surface area contributed by atoms with Crippen LogP contribution in [0.4, 0.5) is 4.39 Å². The molecule has 0 aliphatic carbocycles. The van der Waals surface area contributed by atoms with E-state index in [4.69, 9.17) is 9.47 Å². The lowest BCUT2D eigenvalue weighted by Crippen LogP contribution is -2.31. The zero-order valence-electron chi connectivity index (χ0n) is 13.2. The molecule has 0 saturated carbocycles. The van der Waals surface area contributed by atoms with Crippen molar-refractivity contribution in [1.82, 2.24) is 4.90 Å². The van der Waals surface area contributed by atoms with E-state index in [2.05, 4.69) is 0 Å². The van der Waals surface area contributed by atoms with Crippen molar-refractivity contribution in [2.75, 3.05) is 19.8 Å². The molecule has 2 aliphatic rings. The Morgan fingerprint density at radius 2 is 1.88 bits per heavy atom. The van der Waals surface area contributed by atoms with Crippen LogP contribution in [0.25, 0.3) is 0 Å². The Morgan fingerprint density at radius 1 is 1.08 bits per heavy atom. The standard InChI is InChI=1S/C19H18FNO3/c20-15-5-2-1-4-14(15)19(22)21-9-3-6-16(21)13-7-8-17-18(12-13)24-11-10-23-17/h1-2,4-5,7-8,12,16H,3,6,9-11H2/t16-/m1/s1. The number of fused-ring (bicyclic) bond motifs is 1. The van der Waals surface area contributed by atoms with E-state index in [1.165, 1.54) is 12.1 Å². The molecule has 2 aliphatic heterocycles. The van der Waals surface area contributed by atoms with Crippen molar-refractivity contribution in [3.8, 4) is 11.5 Å². The Morgan fingerprint density at radius 3 is 2.71 bits per heavy atom. The molecule has 2 heterocycles. The van der Waals surface area contributed by atoms with Gasteiger partial charge in [-0.3, -0.25) is 4.79 Å². The molecular weight excluding hydrogens is 309 g/mol. The number of rotatable bonds is 2. The van der Waals surface area contributed by atoms with Crippen LogP contribution in [0.3, 0.4) is 0 Å². The molecule has 2 aromatic carbocycles. The summed E-state index contributed by atoms with van der Waals surface area (Å²) in [5.74, 6) is 0.708. The number of carbonyl (C=O) groups is 1. The smallest absolute Gasteiger partial charge is 0.257 e. The van der Waals surface area contributed by atoms with Gasteiger partial charge in [0, 0.05) is 6.54 Å². The zero-order valence-corrected chi connectivity index (χ0v) is 13.2. The van der Waals surface area contributed by atoms with Crippen LogP contribution < -0.4 is 9.47 Å². The summed E-state index contributed by atoms with van der Waals surface area (Å²) in [4.78, 5) is 14.5. The molecule has 0 spiro atoms. The van der Waals surface area contributed by atoms with Crippen LogP contribution in [0.15, 0.2) is 42.5 Å². The summed E-state index contributed by atoms with van der Waals surface area (Å²) in [5, 5.41) is 0. The molecule has 24 heavy (non-hydrogen) atoms. The van der Waals surface area contributed by atoms with Gasteiger partial charge >= 0.3 is 0 Å². The van der Waals surface area contributed by atoms with Crippen LogP contribution in [-0.4, -0.2) is 30.6 Å². The molecule has 1 fully saturated rings. The Balaban J connectivity index is 1.63. The number of carbonyl (C=O) groups excluding carboxylic acids is 1. The van der Waals surface area contributed by atoms with Crippen LogP contribution in [0.2, 0.25) is 0 Å². The number of likely N-dealkylation sites (tertiary alicyclic amines) is 1. The molecule has 0 N–H and O–H groups in total. The van der Waals surface area contributed by atoms with E-state index >= 15 is 0 Å². The van der Waals surface area contributed by atoms with E-state index in [0.29, 0.717) is 25.5 Å². The SMILES string of the molecule is O=C(c1ccccc1F)N1CCC[C@@H]1c1ccc2c(c1)OCCO2. The predicted octanol–water partition coefficient (Wildman–Crippen LogP) is 3.57. The van der Waals surface area contributed by atoms with Crippen LogP contribution in [-0.2, 0) is 0 Å². The average molecular weight is 327 g/mol. The first-order valence-electron chi connectivity index (χ1n) is 8.19. The van der Waals surface area contributed by atoms with E-state index in [-0.39, 0.29) is 17.5 Å². The largest absolute Gasteiger partial charge is 0.486 e. The van der Waals surface area contributed by atoms with Gasteiger partial charge in [-0.2, -0.15) is 0 Å². The second-order valence-corrected chi connectivity index (χ2v) is 6.04. The van der Waals surface area contributed by atoms with Gasteiger partial charge < -0.3 is 14.4 Å². The molecule has 0 radical (unpaired) electrons. The summed E-state index contributed by atoms with van der Waals surface area (Å²) in [6.45, 7) is 1.71. The van der Waals surface area contributed by atoms with Crippen molar-refractivity contribution in [3.63, 3.8) is 0 Å². The van der Waals surface area contributed by atoms with Gasteiger partial charge in [0.05, 0.1) is 11.6 Å². The van der Waals surface area contributed by atoms with Gasteiger partial charge in [0.25, 0.3) is 5.91 Å². The van der Waals surface area contributed by atoms with Crippen molar-refractivity contribution >= 4 is 5.91 Å². The van der Waals surface area contributed by atoms with E-state index in [1.54, 1.807) is 17.0 Å². The van der Waals surface area contributed by atoms with Crippen molar-refractivity contribution in [3.05, 3.63) is 59.4 Å². The van der Waals surface area contributed by atoms with Gasteiger partial charge in [-0.25, -0.2) is 4.39 Å². The number of hydrogen-bond donors (Lipinski definition) is 0. The fourth-order valence-electron chi connectivity index (χ4n) is 3.41. The highest BCUT2D eigenvalue weighted by Crippen LogP contribution is 2.38. The summed E-state index contributed by atoms with van der Waals surface area (Å²) in [6, 6.07) is 11.9. The first-order chi connectivity index (χ1) is 11.7. The van der Waals surface area contributed by atoms with Gasteiger partial charge in [0.2, 0.25) is 0 Å². The minimum Gasteiger partial charge on any atom is -0.486 e. The third-order valence-electron chi connectivity index (χ3n) is 4.57. The Hall–Kier alpha value is -2.56. The average Bonchev–Trinajstić information content (AvgIpc) is 3.11. The maximum absolute atomic E-state index is 14.0. The second kappa shape index (κ2) is 6.15. The normalized spacial score (nSPS) is 19.4. The van der Waals surface area contributed by atoms with Crippen LogP contribution in [0, 0.1) is 5.82 Å². The van der Waals surface area contributed by atoms with Gasteiger partial charge in [-0.05, 0) is 42.7 Å².